The van der Waals surface area contributed by atoms with Crippen LogP contribution in [-0.4, -0.2) is 46.2 Å². The predicted molar refractivity (Wildman–Crippen MR) is 107 cm³/mol. The topological polar surface area (TPSA) is 59.0 Å². The van der Waals surface area contributed by atoms with E-state index in [1.54, 1.807) is 0 Å². The van der Waals surface area contributed by atoms with Gasteiger partial charge in [0.05, 0.1) is 22.7 Å². The van der Waals surface area contributed by atoms with Gasteiger partial charge < -0.3 is 19.3 Å². The number of thioether (sulfide) groups is 1. The SMILES string of the molecule is C[C@@H](C1CC1)N1Cc2cc(B3OC(C)(C)C(C)(C)O3)cc(SCO)c2C1=O. The van der Waals surface area contributed by atoms with Crippen LogP contribution in [0.3, 0.4) is 0 Å². The first-order valence-corrected chi connectivity index (χ1v) is 10.7. The molecule has 146 valence electrons. The second-order valence-electron chi connectivity index (χ2n) is 8.93. The average Bonchev–Trinajstić information content (AvgIpc) is 3.33. The first-order valence-electron chi connectivity index (χ1n) is 9.71. The van der Waals surface area contributed by atoms with Gasteiger partial charge in [-0.2, -0.15) is 0 Å². The van der Waals surface area contributed by atoms with Gasteiger partial charge in [-0.25, -0.2) is 0 Å². The Morgan fingerprint density at radius 2 is 1.89 bits per heavy atom. The fourth-order valence-corrected chi connectivity index (χ4v) is 4.65. The van der Waals surface area contributed by atoms with Crippen molar-refractivity contribution in [2.45, 2.75) is 76.1 Å². The van der Waals surface area contributed by atoms with Crippen LogP contribution in [0.4, 0.5) is 0 Å². The van der Waals surface area contributed by atoms with Crippen molar-refractivity contribution in [3.8, 4) is 0 Å². The third-order valence-corrected chi connectivity index (χ3v) is 7.32. The summed E-state index contributed by atoms with van der Waals surface area (Å²) in [6, 6.07) is 4.26. The summed E-state index contributed by atoms with van der Waals surface area (Å²) >= 11 is 1.29. The molecule has 0 spiro atoms. The molecular formula is C20H28BNO4S. The normalized spacial score (nSPS) is 24.4. The molecule has 1 saturated carbocycles. The molecule has 0 aromatic heterocycles. The highest BCUT2D eigenvalue weighted by molar-refractivity contribution is 7.99. The summed E-state index contributed by atoms with van der Waals surface area (Å²) < 4.78 is 12.4. The number of carbonyl (C=O) groups excluding carboxylic acids is 1. The largest absolute Gasteiger partial charge is 0.494 e. The Hall–Kier alpha value is -1.02. The molecule has 0 radical (unpaired) electrons. The molecule has 1 atom stereocenters. The molecule has 2 fully saturated rings. The van der Waals surface area contributed by atoms with Crippen LogP contribution in [0.15, 0.2) is 17.0 Å². The van der Waals surface area contributed by atoms with E-state index in [1.807, 2.05) is 38.7 Å². The zero-order valence-electron chi connectivity index (χ0n) is 16.7. The number of aliphatic hydroxyl groups excluding tert-OH is 1. The molecule has 3 aliphatic rings. The molecule has 7 heteroatoms. The van der Waals surface area contributed by atoms with E-state index in [1.165, 1.54) is 24.6 Å². The fourth-order valence-electron chi connectivity index (χ4n) is 3.92. The van der Waals surface area contributed by atoms with Crippen LogP contribution in [-0.2, 0) is 15.9 Å². The lowest BCUT2D eigenvalue weighted by atomic mass is 9.78. The highest BCUT2D eigenvalue weighted by atomic mass is 32.2. The highest BCUT2D eigenvalue weighted by Gasteiger charge is 2.52. The lowest BCUT2D eigenvalue weighted by Gasteiger charge is -2.32. The van der Waals surface area contributed by atoms with Crippen molar-refractivity contribution >= 4 is 30.3 Å². The Morgan fingerprint density at radius 1 is 1.26 bits per heavy atom. The minimum absolute atomic E-state index is 0.0648. The van der Waals surface area contributed by atoms with Crippen molar-refractivity contribution in [3.05, 3.63) is 23.3 Å². The second-order valence-corrected chi connectivity index (χ2v) is 9.91. The summed E-state index contributed by atoms with van der Waals surface area (Å²) in [5.74, 6) is 0.644. The summed E-state index contributed by atoms with van der Waals surface area (Å²) in [6.45, 7) is 10.9. The van der Waals surface area contributed by atoms with Crippen LogP contribution in [0.25, 0.3) is 0 Å². The number of carbonyl (C=O) groups is 1. The molecule has 1 saturated heterocycles. The van der Waals surface area contributed by atoms with Gasteiger partial charge in [0, 0.05) is 17.5 Å². The first-order chi connectivity index (χ1) is 12.6. The van der Waals surface area contributed by atoms with Crippen LogP contribution < -0.4 is 5.46 Å². The molecule has 4 rings (SSSR count). The van der Waals surface area contributed by atoms with Gasteiger partial charge in [-0.05, 0) is 70.5 Å². The minimum Gasteiger partial charge on any atom is -0.399 e. The minimum atomic E-state index is -0.469. The fraction of sp³-hybridized carbons (Fsp3) is 0.650. The maximum atomic E-state index is 13.1. The third kappa shape index (κ3) is 3.22. The molecular weight excluding hydrogens is 361 g/mol. The number of fused-ring (bicyclic) bond motifs is 1. The van der Waals surface area contributed by atoms with E-state index in [2.05, 4.69) is 13.0 Å². The molecule has 5 nitrogen and oxygen atoms in total. The smallest absolute Gasteiger partial charge is 0.399 e. The number of nitrogens with zero attached hydrogens (tertiary/aromatic N) is 1. The van der Waals surface area contributed by atoms with E-state index < -0.39 is 18.3 Å². The van der Waals surface area contributed by atoms with Crippen LogP contribution >= 0.6 is 11.8 Å². The van der Waals surface area contributed by atoms with Crippen LogP contribution in [0.2, 0.25) is 0 Å². The van der Waals surface area contributed by atoms with Crippen LogP contribution in [0, 0.1) is 5.92 Å². The van der Waals surface area contributed by atoms with Crippen LogP contribution in [0.1, 0.15) is 63.4 Å². The molecule has 0 bridgehead atoms. The quantitative estimate of drug-likeness (QED) is 0.477. The van der Waals surface area contributed by atoms with E-state index in [-0.39, 0.29) is 17.9 Å². The van der Waals surface area contributed by atoms with Gasteiger partial charge in [0.1, 0.15) is 0 Å². The number of hydrogen-bond donors (Lipinski definition) is 1. The zero-order chi connectivity index (χ0) is 19.6. The summed E-state index contributed by atoms with van der Waals surface area (Å²) in [7, 11) is -0.469. The number of amides is 1. The molecule has 2 heterocycles. The first kappa shape index (κ1) is 19.3. The summed E-state index contributed by atoms with van der Waals surface area (Å²) in [4.78, 5) is 15.9. The number of rotatable bonds is 5. The molecule has 2 aliphatic heterocycles. The number of aliphatic hydroxyl groups is 1. The summed E-state index contributed by atoms with van der Waals surface area (Å²) in [5, 5.41) is 9.51. The standard InChI is InChI=1S/C20H28BNO4S/c1-12(13-6-7-13)22-10-14-8-15(9-16(27-11-23)17(14)18(22)24)21-25-19(2,3)20(4,5)26-21/h8-9,12-13,23H,6-7,10-11H2,1-5H3/t12-/m0/s1. The maximum Gasteiger partial charge on any atom is 0.494 e. The van der Waals surface area contributed by atoms with Gasteiger partial charge in [-0.3, -0.25) is 4.79 Å². The van der Waals surface area contributed by atoms with Crippen molar-refractivity contribution in [3.63, 3.8) is 0 Å². The maximum absolute atomic E-state index is 13.1. The van der Waals surface area contributed by atoms with E-state index in [9.17, 15) is 9.90 Å². The molecule has 1 aliphatic carbocycles. The van der Waals surface area contributed by atoms with Crippen LogP contribution in [0.5, 0.6) is 0 Å². The molecule has 1 aromatic rings. The van der Waals surface area contributed by atoms with Crippen molar-refractivity contribution in [1.82, 2.24) is 4.90 Å². The molecule has 1 amide bonds. The molecule has 1 N–H and O–H groups in total. The molecule has 1 aromatic carbocycles. The van der Waals surface area contributed by atoms with Gasteiger partial charge in [-0.15, -0.1) is 0 Å². The summed E-state index contributed by atoms with van der Waals surface area (Å²) in [6.07, 6.45) is 2.41. The molecule has 0 unspecified atom stereocenters. The predicted octanol–water partition coefficient (Wildman–Crippen LogP) is 2.78. The van der Waals surface area contributed by atoms with Crippen molar-refractivity contribution < 1.29 is 19.2 Å². The van der Waals surface area contributed by atoms with Gasteiger partial charge in [0.25, 0.3) is 5.91 Å². The van der Waals surface area contributed by atoms with Crippen molar-refractivity contribution in [2.24, 2.45) is 5.92 Å². The van der Waals surface area contributed by atoms with E-state index in [0.29, 0.717) is 12.5 Å². The monoisotopic (exact) mass is 389 g/mol. The van der Waals surface area contributed by atoms with Gasteiger partial charge >= 0.3 is 7.12 Å². The number of benzene rings is 1. The van der Waals surface area contributed by atoms with E-state index in [0.717, 1.165) is 21.5 Å². The van der Waals surface area contributed by atoms with E-state index >= 15 is 0 Å². The zero-order valence-corrected chi connectivity index (χ0v) is 17.6. The van der Waals surface area contributed by atoms with Crippen molar-refractivity contribution in [2.75, 3.05) is 5.94 Å². The second kappa shape index (κ2) is 6.51. The van der Waals surface area contributed by atoms with Gasteiger partial charge in [0.2, 0.25) is 0 Å². The highest BCUT2D eigenvalue weighted by Crippen LogP contribution is 2.41. The Kier molecular flexibility index (Phi) is 4.66. The van der Waals surface area contributed by atoms with Crippen molar-refractivity contribution in [1.29, 1.82) is 0 Å². The van der Waals surface area contributed by atoms with Gasteiger partial charge in [-0.1, -0.05) is 17.8 Å². The molecule has 27 heavy (non-hydrogen) atoms. The summed E-state index contributed by atoms with van der Waals surface area (Å²) in [5.41, 5.74) is 1.83. The lowest BCUT2D eigenvalue weighted by Crippen LogP contribution is -2.41. The Morgan fingerprint density at radius 3 is 2.44 bits per heavy atom. The third-order valence-electron chi connectivity index (χ3n) is 6.56. The van der Waals surface area contributed by atoms with Gasteiger partial charge in [0.15, 0.2) is 0 Å². The lowest BCUT2D eigenvalue weighted by molar-refractivity contribution is 0.00578. The Balaban J connectivity index is 1.68. The number of hydrogen-bond acceptors (Lipinski definition) is 5. The van der Waals surface area contributed by atoms with E-state index in [4.69, 9.17) is 9.31 Å². The average molecular weight is 389 g/mol. The Labute approximate surface area is 165 Å². The Bertz CT molecular complexity index is 761.